The van der Waals surface area contributed by atoms with E-state index in [4.69, 9.17) is 4.42 Å². The van der Waals surface area contributed by atoms with E-state index >= 15 is 0 Å². The van der Waals surface area contributed by atoms with Crippen molar-refractivity contribution in [3.05, 3.63) is 41.3 Å². The van der Waals surface area contributed by atoms with E-state index in [9.17, 15) is 9.59 Å². The fourth-order valence-electron chi connectivity index (χ4n) is 3.35. The molecular formula is C22H29N3O3. The highest BCUT2D eigenvalue weighted by atomic mass is 16.4. The summed E-state index contributed by atoms with van der Waals surface area (Å²) in [6, 6.07) is 8.21. The molecule has 2 amide bonds. The second kappa shape index (κ2) is 7.78. The summed E-state index contributed by atoms with van der Waals surface area (Å²) in [6.45, 7) is 12.2. The Balaban J connectivity index is 1.67. The molecule has 0 saturated carbocycles. The number of nitrogens with zero attached hydrogens (tertiary/aromatic N) is 3. The van der Waals surface area contributed by atoms with Gasteiger partial charge in [0.2, 0.25) is 17.7 Å². The van der Waals surface area contributed by atoms with Crippen LogP contribution in [-0.4, -0.2) is 52.8 Å². The molecule has 150 valence electrons. The predicted octanol–water partition coefficient (Wildman–Crippen LogP) is 3.18. The lowest BCUT2D eigenvalue weighted by atomic mass is 9.87. The molecule has 0 radical (unpaired) electrons. The first-order chi connectivity index (χ1) is 13.1. The molecule has 6 nitrogen and oxygen atoms in total. The third-order valence-electron chi connectivity index (χ3n) is 5.29. The van der Waals surface area contributed by atoms with Gasteiger partial charge >= 0.3 is 0 Å². The van der Waals surface area contributed by atoms with Crippen LogP contribution in [0.25, 0.3) is 11.5 Å². The van der Waals surface area contributed by atoms with E-state index in [0.717, 1.165) is 5.56 Å². The van der Waals surface area contributed by atoms with Crippen LogP contribution in [0.5, 0.6) is 0 Å². The van der Waals surface area contributed by atoms with E-state index in [2.05, 4.69) is 37.9 Å². The Morgan fingerprint density at radius 3 is 2.14 bits per heavy atom. The van der Waals surface area contributed by atoms with Crippen molar-refractivity contribution in [2.45, 2.75) is 46.5 Å². The molecule has 1 aliphatic rings. The van der Waals surface area contributed by atoms with Crippen LogP contribution in [0.2, 0.25) is 0 Å². The van der Waals surface area contributed by atoms with Crippen molar-refractivity contribution in [1.29, 1.82) is 0 Å². The fourth-order valence-corrected chi connectivity index (χ4v) is 3.35. The highest BCUT2D eigenvalue weighted by molar-refractivity contribution is 5.79. The molecule has 2 heterocycles. The maximum Gasteiger partial charge on any atom is 0.228 e. The number of piperazine rings is 1. The van der Waals surface area contributed by atoms with Gasteiger partial charge in [-0.3, -0.25) is 9.59 Å². The Bertz CT molecular complexity index is 854. The van der Waals surface area contributed by atoms with Crippen LogP contribution in [0, 0.1) is 6.92 Å². The van der Waals surface area contributed by atoms with Crippen molar-refractivity contribution in [3.63, 3.8) is 0 Å². The van der Waals surface area contributed by atoms with Gasteiger partial charge in [-0.15, -0.1) is 0 Å². The molecule has 0 atom stereocenters. The molecule has 3 rings (SSSR count). The van der Waals surface area contributed by atoms with Crippen LogP contribution in [0.3, 0.4) is 0 Å². The topological polar surface area (TPSA) is 66.7 Å². The van der Waals surface area contributed by atoms with Crippen LogP contribution in [0.15, 0.2) is 28.7 Å². The van der Waals surface area contributed by atoms with E-state index in [1.54, 1.807) is 16.7 Å². The number of oxazole rings is 1. The molecule has 1 fully saturated rings. The first-order valence-electron chi connectivity index (χ1n) is 9.75. The number of aryl methyl sites for hydroxylation is 1. The van der Waals surface area contributed by atoms with Gasteiger partial charge in [0, 0.05) is 38.7 Å². The summed E-state index contributed by atoms with van der Waals surface area (Å²) >= 11 is 0. The summed E-state index contributed by atoms with van der Waals surface area (Å²) in [4.78, 5) is 32.2. The van der Waals surface area contributed by atoms with Gasteiger partial charge < -0.3 is 14.2 Å². The molecule has 28 heavy (non-hydrogen) atoms. The van der Waals surface area contributed by atoms with Gasteiger partial charge in [0.25, 0.3) is 0 Å². The summed E-state index contributed by atoms with van der Waals surface area (Å²) in [6.07, 6.45) is 0.218. The van der Waals surface area contributed by atoms with Gasteiger partial charge in [0.1, 0.15) is 5.76 Å². The number of hydrogen-bond donors (Lipinski definition) is 0. The van der Waals surface area contributed by atoms with Gasteiger partial charge in [0.15, 0.2) is 0 Å². The molecule has 2 aromatic rings. The summed E-state index contributed by atoms with van der Waals surface area (Å²) in [5.74, 6) is 1.29. The Kier molecular flexibility index (Phi) is 5.59. The van der Waals surface area contributed by atoms with E-state index in [1.807, 2.05) is 19.1 Å². The zero-order chi connectivity index (χ0) is 20.5. The number of benzene rings is 1. The number of aromatic nitrogens is 1. The van der Waals surface area contributed by atoms with Crippen molar-refractivity contribution in [2.75, 3.05) is 26.2 Å². The van der Waals surface area contributed by atoms with Crippen molar-refractivity contribution < 1.29 is 14.0 Å². The molecule has 1 aromatic carbocycles. The second-order valence-corrected chi connectivity index (χ2v) is 8.41. The Labute approximate surface area is 166 Å². The largest absolute Gasteiger partial charge is 0.441 e. The number of rotatable bonds is 3. The summed E-state index contributed by atoms with van der Waals surface area (Å²) < 4.78 is 5.83. The third-order valence-corrected chi connectivity index (χ3v) is 5.29. The maximum atomic E-state index is 12.6. The van der Waals surface area contributed by atoms with E-state index in [1.165, 1.54) is 5.56 Å². The Hall–Kier alpha value is -2.63. The maximum absolute atomic E-state index is 12.6. The summed E-state index contributed by atoms with van der Waals surface area (Å²) in [5, 5.41) is 0. The molecule has 0 spiro atoms. The van der Waals surface area contributed by atoms with Crippen LogP contribution in [-0.2, 0) is 21.4 Å². The van der Waals surface area contributed by atoms with E-state index in [-0.39, 0.29) is 23.7 Å². The van der Waals surface area contributed by atoms with Crippen LogP contribution < -0.4 is 0 Å². The minimum atomic E-state index is 0.0224. The second-order valence-electron chi connectivity index (χ2n) is 8.41. The van der Waals surface area contributed by atoms with Crippen LogP contribution in [0.1, 0.15) is 44.7 Å². The average Bonchev–Trinajstić information content (AvgIpc) is 3.01. The van der Waals surface area contributed by atoms with Gasteiger partial charge in [-0.05, 0) is 30.0 Å². The lowest BCUT2D eigenvalue weighted by Crippen LogP contribution is -2.50. The molecule has 1 aliphatic heterocycles. The quantitative estimate of drug-likeness (QED) is 0.816. The van der Waals surface area contributed by atoms with Crippen molar-refractivity contribution in [1.82, 2.24) is 14.8 Å². The fraction of sp³-hybridized carbons (Fsp3) is 0.500. The van der Waals surface area contributed by atoms with Crippen LogP contribution in [0.4, 0.5) is 0 Å². The molecular weight excluding hydrogens is 354 g/mol. The molecule has 0 N–H and O–H groups in total. The highest BCUT2D eigenvalue weighted by Crippen LogP contribution is 2.27. The Morgan fingerprint density at radius 1 is 1.04 bits per heavy atom. The normalized spacial score (nSPS) is 15.0. The number of hydrogen-bond acceptors (Lipinski definition) is 4. The first kappa shape index (κ1) is 20.1. The number of carbonyl (C=O) groups is 2. The minimum Gasteiger partial charge on any atom is -0.441 e. The first-order valence-corrected chi connectivity index (χ1v) is 9.75. The zero-order valence-electron chi connectivity index (χ0n) is 17.4. The van der Waals surface area contributed by atoms with Gasteiger partial charge in [0.05, 0.1) is 12.1 Å². The smallest absolute Gasteiger partial charge is 0.228 e. The minimum absolute atomic E-state index is 0.0224. The van der Waals surface area contributed by atoms with E-state index < -0.39 is 0 Å². The van der Waals surface area contributed by atoms with Crippen molar-refractivity contribution in [3.8, 4) is 11.5 Å². The lowest BCUT2D eigenvalue weighted by molar-refractivity contribution is -0.138. The molecule has 0 bridgehead atoms. The summed E-state index contributed by atoms with van der Waals surface area (Å²) in [5.41, 5.74) is 2.92. The van der Waals surface area contributed by atoms with Gasteiger partial charge in [-0.25, -0.2) is 4.98 Å². The van der Waals surface area contributed by atoms with Gasteiger partial charge in [-0.1, -0.05) is 32.9 Å². The van der Waals surface area contributed by atoms with E-state index in [0.29, 0.717) is 43.5 Å². The van der Waals surface area contributed by atoms with Crippen molar-refractivity contribution in [2.24, 2.45) is 0 Å². The standard InChI is InChI=1S/C22H29N3O3/c1-15-19(14-20(27)25-12-10-24(11-13-25)16(2)26)23-21(28-15)17-6-8-18(9-7-17)22(3,4)5/h6-9H,10-14H2,1-5H3. The lowest BCUT2D eigenvalue weighted by Gasteiger charge is -2.34. The van der Waals surface area contributed by atoms with Crippen molar-refractivity contribution >= 4 is 11.8 Å². The molecule has 6 heteroatoms. The molecule has 1 aromatic heterocycles. The molecule has 1 saturated heterocycles. The number of amides is 2. The Morgan fingerprint density at radius 2 is 1.61 bits per heavy atom. The van der Waals surface area contributed by atoms with Crippen LogP contribution >= 0.6 is 0 Å². The highest BCUT2D eigenvalue weighted by Gasteiger charge is 2.24. The van der Waals surface area contributed by atoms with Gasteiger partial charge in [-0.2, -0.15) is 0 Å². The zero-order valence-corrected chi connectivity index (χ0v) is 17.4. The average molecular weight is 383 g/mol. The molecule has 0 aliphatic carbocycles. The number of carbonyl (C=O) groups excluding carboxylic acids is 2. The SMILES string of the molecule is CC(=O)N1CCN(C(=O)Cc2nc(-c3ccc(C(C)(C)C)cc3)oc2C)CC1. The monoisotopic (exact) mass is 383 g/mol. The molecule has 0 unspecified atom stereocenters. The third kappa shape index (κ3) is 4.43. The predicted molar refractivity (Wildman–Crippen MR) is 108 cm³/mol. The summed E-state index contributed by atoms with van der Waals surface area (Å²) in [7, 11) is 0.